The van der Waals surface area contributed by atoms with E-state index in [0.29, 0.717) is 6.42 Å². The maximum absolute atomic E-state index is 11.5. The van der Waals surface area contributed by atoms with Crippen LogP contribution in [0.4, 0.5) is 0 Å². The molecular formula is C20H40O3S. The van der Waals surface area contributed by atoms with Crippen LogP contribution in [0.15, 0.2) is 0 Å². The molecule has 0 amide bonds. The van der Waals surface area contributed by atoms with Gasteiger partial charge in [0.05, 0.1) is 13.4 Å². The Morgan fingerprint density at radius 1 is 0.833 bits per heavy atom. The summed E-state index contributed by atoms with van der Waals surface area (Å²) in [5.74, 6) is -0.328. The Morgan fingerprint density at radius 3 is 1.54 bits per heavy atom. The van der Waals surface area contributed by atoms with Crippen LogP contribution < -0.4 is 0 Å². The maximum atomic E-state index is 11.5. The largest absolute Gasteiger partial charge is 0.616 e. The van der Waals surface area contributed by atoms with Crippen molar-refractivity contribution in [2.24, 2.45) is 0 Å². The van der Waals surface area contributed by atoms with Crippen LogP contribution in [0, 0.1) is 0 Å². The highest BCUT2D eigenvalue weighted by molar-refractivity contribution is 7.92. The predicted molar refractivity (Wildman–Crippen MR) is 105 cm³/mol. The summed E-state index contributed by atoms with van der Waals surface area (Å²) in [5, 5.41) is -0.438. The SMILES string of the molecule is CCCCCCCCCCCCCCCCC(C(=O)OC)[S+](C)[O-]. The van der Waals surface area contributed by atoms with Crippen molar-refractivity contribution >= 4 is 17.1 Å². The minimum atomic E-state index is -1.12. The molecule has 0 aromatic carbocycles. The van der Waals surface area contributed by atoms with Crippen LogP contribution in [0.2, 0.25) is 0 Å². The molecular weight excluding hydrogens is 320 g/mol. The van der Waals surface area contributed by atoms with E-state index in [0.717, 1.165) is 12.8 Å². The van der Waals surface area contributed by atoms with Gasteiger partial charge >= 0.3 is 5.97 Å². The highest BCUT2D eigenvalue weighted by Crippen LogP contribution is 2.16. The van der Waals surface area contributed by atoms with Crippen molar-refractivity contribution in [2.75, 3.05) is 13.4 Å². The number of esters is 1. The molecule has 4 heteroatoms. The fourth-order valence-electron chi connectivity index (χ4n) is 3.08. The molecule has 0 N–H and O–H groups in total. The number of carbonyl (C=O) groups is 1. The van der Waals surface area contributed by atoms with Crippen LogP contribution in [0.5, 0.6) is 0 Å². The Bertz CT molecular complexity index is 282. The molecule has 0 saturated carbocycles. The average molecular weight is 361 g/mol. The van der Waals surface area contributed by atoms with E-state index in [1.807, 2.05) is 0 Å². The second kappa shape index (κ2) is 17.6. The number of hydrogen-bond donors (Lipinski definition) is 0. The Kier molecular flexibility index (Phi) is 17.4. The third-order valence-electron chi connectivity index (χ3n) is 4.68. The summed E-state index contributed by atoms with van der Waals surface area (Å²) in [6.07, 6.45) is 20.7. The van der Waals surface area contributed by atoms with Gasteiger partial charge in [0.2, 0.25) is 5.25 Å². The fraction of sp³-hybridized carbons (Fsp3) is 0.950. The number of hydrogen-bond acceptors (Lipinski definition) is 3. The normalized spacial score (nSPS) is 13.7. The molecule has 0 fully saturated rings. The summed E-state index contributed by atoms with van der Waals surface area (Å²) < 4.78 is 16.2. The molecule has 0 rings (SSSR count). The molecule has 0 aliphatic rings. The average Bonchev–Trinajstić information content (AvgIpc) is 2.57. The summed E-state index contributed by atoms with van der Waals surface area (Å²) in [6.45, 7) is 2.27. The van der Waals surface area contributed by atoms with Gasteiger partial charge in [0, 0.05) is 6.42 Å². The maximum Gasteiger partial charge on any atom is 0.359 e. The van der Waals surface area contributed by atoms with E-state index in [1.54, 1.807) is 6.26 Å². The highest BCUT2D eigenvalue weighted by Gasteiger charge is 2.27. The molecule has 0 saturated heterocycles. The summed E-state index contributed by atoms with van der Waals surface area (Å²) in [4.78, 5) is 11.5. The van der Waals surface area contributed by atoms with E-state index < -0.39 is 16.4 Å². The monoisotopic (exact) mass is 360 g/mol. The molecule has 0 aliphatic heterocycles. The molecule has 3 nitrogen and oxygen atoms in total. The van der Waals surface area contributed by atoms with Gasteiger partial charge in [-0.1, -0.05) is 90.4 Å². The minimum Gasteiger partial charge on any atom is -0.616 e. The third-order valence-corrected chi connectivity index (χ3v) is 5.91. The molecule has 2 atom stereocenters. The molecule has 0 aromatic rings. The molecule has 0 heterocycles. The number of rotatable bonds is 17. The van der Waals surface area contributed by atoms with Crippen molar-refractivity contribution in [3.8, 4) is 0 Å². The van der Waals surface area contributed by atoms with Crippen molar-refractivity contribution in [3.05, 3.63) is 0 Å². The lowest BCUT2D eigenvalue weighted by Gasteiger charge is -2.15. The van der Waals surface area contributed by atoms with Gasteiger partial charge in [-0.3, -0.25) is 0 Å². The molecule has 2 unspecified atom stereocenters. The third kappa shape index (κ3) is 14.2. The summed E-state index contributed by atoms with van der Waals surface area (Å²) in [5.41, 5.74) is 0. The van der Waals surface area contributed by atoms with E-state index in [9.17, 15) is 9.35 Å². The highest BCUT2D eigenvalue weighted by atomic mass is 32.2. The lowest BCUT2D eigenvalue weighted by molar-refractivity contribution is -0.140. The Morgan fingerprint density at radius 2 is 1.21 bits per heavy atom. The fourth-order valence-corrected chi connectivity index (χ4v) is 3.94. The van der Waals surface area contributed by atoms with Gasteiger partial charge in [-0.15, -0.1) is 0 Å². The van der Waals surface area contributed by atoms with Crippen molar-refractivity contribution in [1.29, 1.82) is 0 Å². The zero-order valence-electron chi connectivity index (χ0n) is 16.3. The van der Waals surface area contributed by atoms with Crippen LogP contribution in [0.3, 0.4) is 0 Å². The minimum absolute atomic E-state index is 0.328. The van der Waals surface area contributed by atoms with Gasteiger partial charge in [-0.05, 0) is 17.6 Å². The second-order valence-electron chi connectivity index (χ2n) is 6.90. The number of ether oxygens (including phenoxy) is 1. The molecule has 0 bridgehead atoms. The Labute approximate surface area is 153 Å². The van der Waals surface area contributed by atoms with Crippen LogP contribution >= 0.6 is 0 Å². The van der Waals surface area contributed by atoms with Gasteiger partial charge in [-0.2, -0.15) is 0 Å². The number of unbranched alkanes of at least 4 members (excludes halogenated alkanes) is 13. The molecule has 0 radical (unpaired) electrons. The van der Waals surface area contributed by atoms with Crippen molar-refractivity contribution < 1.29 is 14.1 Å². The lowest BCUT2D eigenvalue weighted by Crippen LogP contribution is -2.30. The van der Waals surface area contributed by atoms with E-state index >= 15 is 0 Å². The first-order valence-corrected chi connectivity index (χ1v) is 11.7. The quantitative estimate of drug-likeness (QED) is 0.188. The van der Waals surface area contributed by atoms with Crippen LogP contribution in [-0.2, 0) is 20.7 Å². The first kappa shape index (κ1) is 23.8. The van der Waals surface area contributed by atoms with Crippen LogP contribution in [-0.4, -0.2) is 29.1 Å². The lowest BCUT2D eigenvalue weighted by atomic mass is 10.0. The first-order chi connectivity index (χ1) is 11.6. The molecule has 24 heavy (non-hydrogen) atoms. The Hall–Kier alpha value is -0.220. The molecule has 0 spiro atoms. The first-order valence-electron chi connectivity index (χ1n) is 10.0. The summed E-state index contributed by atoms with van der Waals surface area (Å²) in [6, 6.07) is 0. The van der Waals surface area contributed by atoms with Gasteiger partial charge in [0.25, 0.3) is 0 Å². The number of methoxy groups -OCH3 is 1. The van der Waals surface area contributed by atoms with E-state index in [-0.39, 0.29) is 5.97 Å². The zero-order chi connectivity index (χ0) is 18.0. The van der Waals surface area contributed by atoms with Crippen molar-refractivity contribution in [2.45, 2.75) is 108 Å². The van der Waals surface area contributed by atoms with Crippen LogP contribution in [0.1, 0.15) is 103 Å². The Balaban J connectivity index is 3.31. The van der Waals surface area contributed by atoms with Crippen molar-refractivity contribution in [3.63, 3.8) is 0 Å². The molecule has 144 valence electrons. The van der Waals surface area contributed by atoms with Crippen molar-refractivity contribution in [1.82, 2.24) is 0 Å². The van der Waals surface area contributed by atoms with E-state index in [1.165, 1.54) is 84.2 Å². The summed E-state index contributed by atoms with van der Waals surface area (Å²) >= 11 is -1.12. The smallest absolute Gasteiger partial charge is 0.359 e. The van der Waals surface area contributed by atoms with Gasteiger partial charge in [0.15, 0.2) is 0 Å². The molecule has 0 aliphatic carbocycles. The second-order valence-corrected chi connectivity index (χ2v) is 8.46. The molecule has 0 aromatic heterocycles. The van der Waals surface area contributed by atoms with Gasteiger partial charge in [0.1, 0.15) is 0 Å². The van der Waals surface area contributed by atoms with E-state index in [4.69, 9.17) is 4.74 Å². The van der Waals surface area contributed by atoms with Gasteiger partial charge in [-0.25, -0.2) is 4.79 Å². The van der Waals surface area contributed by atoms with Crippen LogP contribution in [0.25, 0.3) is 0 Å². The van der Waals surface area contributed by atoms with E-state index in [2.05, 4.69) is 6.92 Å². The predicted octanol–water partition coefficient (Wildman–Crippen LogP) is 5.78. The standard InChI is InChI=1S/C20H40O3S/c1-4-5-6-7-8-9-10-11-12-13-14-15-16-17-18-19(24(3)22)20(21)23-2/h19H,4-18H2,1-3H3. The summed E-state index contributed by atoms with van der Waals surface area (Å²) in [7, 11) is 1.37. The zero-order valence-corrected chi connectivity index (χ0v) is 17.1. The number of carbonyl (C=O) groups excluding carboxylic acids is 1. The topological polar surface area (TPSA) is 49.4 Å². The van der Waals surface area contributed by atoms with Gasteiger partial charge < -0.3 is 9.29 Å².